The van der Waals surface area contributed by atoms with Gasteiger partial charge >= 0.3 is 0 Å². The van der Waals surface area contributed by atoms with Crippen LogP contribution in [-0.4, -0.2) is 39.4 Å². The molecule has 1 unspecified atom stereocenters. The van der Waals surface area contributed by atoms with Crippen molar-refractivity contribution in [2.45, 2.75) is 19.1 Å². The quantitative estimate of drug-likeness (QED) is 0.205. The molecule has 1 atom stereocenters. The van der Waals surface area contributed by atoms with Crippen LogP contribution in [0.3, 0.4) is 0 Å². The number of aromatic amines is 1. The predicted molar refractivity (Wildman–Crippen MR) is 115 cm³/mol. The van der Waals surface area contributed by atoms with Gasteiger partial charge in [0.15, 0.2) is 0 Å². The SMILES string of the molecule is N=C(N)c1ccc(CNC(C(=O)NCC(=O)NCc2ccncc2)c2ccn[nH]2)cc1. The highest BCUT2D eigenvalue weighted by Gasteiger charge is 2.22. The number of rotatable bonds is 10. The molecule has 3 rings (SSSR count). The van der Waals surface area contributed by atoms with Gasteiger partial charge in [0.25, 0.3) is 0 Å². The van der Waals surface area contributed by atoms with Crippen LogP contribution in [0.1, 0.15) is 28.4 Å². The number of carbonyl (C=O) groups excluding carboxylic acids is 2. The molecule has 0 spiro atoms. The normalized spacial score (nSPS) is 11.5. The van der Waals surface area contributed by atoms with Crippen molar-refractivity contribution in [1.29, 1.82) is 5.41 Å². The maximum atomic E-state index is 12.7. The minimum Gasteiger partial charge on any atom is -0.384 e. The van der Waals surface area contributed by atoms with Gasteiger partial charge in [0.1, 0.15) is 11.9 Å². The number of hydrogen-bond acceptors (Lipinski definition) is 6. The van der Waals surface area contributed by atoms with Crippen LogP contribution in [0.25, 0.3) is 0 Å². The van der Waals surface area contributed by atoms with Crippen LogP contribution in [0.15, 0.2) is 61.1 Å². The summed E-state index contributed by atoms with van der Waals surface area (Å²) in [5, 5.41) is 22.7. The van der Waals surface area contributed by atoms with E-state index in [0.29, 0.717) is 24.3 Å². The second kappa shape index (κ2) is 10.6. The molecule has 0 aliphatic heterocycles. The van der Waals surface area contributed by atoms with Crippen LogP contribution in [0.5, 0.6) is 0 Å². The van der Waals surface area contributed by atoms with E-state index in [4.69, 9.17) is 11.1 Å². The van der Waals surface area contributed by atoms with Crippen LogP contribution in [0, 0.1) is 5.41 Å². The summed E-state index contributed by atoms with van der Waals surface area (Å²) in [6.45, 7) is 0.600. The Morgan fingerprint density at radius 1 is 0.968 bits per heavy atom. The van der Waals surface area contributed by atoms with Crippen molar-refractivity contribution < 1.29 is 9.59 Å². The lowest BCUT2D eigenvalue weighted by Crippen LogP contribution is -2.42. The van der Waals surface area contributed by atoms with Crippen molar-refractivity contribution in [3.05, 3.63) is 83.4 Å². The summed E-state index contributed by atoms with van der Waals surface area (Å²) in [5.41, 5.74) is 8.51. The Morgan fingerprint density at radius 3 is 2.32 bits per heavy atom. The molecule has 1 aromatic carbocycles. The van der Waals surface area contributed by atoms with Crippen LogP contribution in [0.2, 0.25) is 0 Å². The van der Waals surface area contributed by atoms with Crippen LogP contribution in [-0.2, 0) is 22.7 Å². The third-order valence-corrected chi connectivity index (χ3v) is 4.53. The molecule has 0 saturated carbocycles. The van der Waals surface area contributed by atoms with Gasteiger partial charge in [0.05, 0.1) is 12.2 Å². The summed E-state index contributed by atoms with van der Waals surface area (Å²) < 4.78 is 0. The Morgan fingerprint density at radius 2 is 1.68 bits per heavy atom. The van der Waals surface area contributed by atoms with E-state index < -0.39 is 6.04 Å². The number of amides is 2. The molecule has 0 aliphatic rings. The van der Waals surface area contributed by atoms with E-state index in [1.54, 1.807) is 48.9 Å². The molecule has 0 bridgehead atoms. The highest BCUT2D eigenvalue weighted by Crippen LogP contribution is 2.12. The standard InChI is InChI=1S/C21H24N8O2/c22-20(23)16-3-1-14(2-4-16)12-26-19(17-7-10-28-29-17)21(31)27-13-18(30)25-11-15-5-8-24-9-6-15/h1-10,19,26H,11-13H2,(H3,22,23)(H,25,30)(H,27,31)(H,28,29). The number of pyridine rings is 1. The average Bonchev–Trinajstić information content (AvgIpc) is 3.32. The van der Waals surface area contributed by atoms with Gasteiger partial charge < -0.3 is 16.4 Å². The third kappa shape index (κ3) is 6.47. The molecule has 2 heterocycles. The van der Waals surface area contributed by atoms with Gasteiger partial charge in [0, 0.05) is 37.2 Å². The number of H-pyrrole nitrogens is 1. The van der Waals surface area contributed by atoms with Crippen molar-refractivity contribution in [3.63, 3.8) is 0 Å². The Labute approximate surface area is 179 Å². The summed E-state index contributed by atoms with van der Waals surface area (Å²) in [6, 6.07) is 11.7. The molecular formula is C21H24N8O2. The predicted octanol–water partition coefficient (Wildman–Crippen LogP) is 0.352. The molecule has 0 radical (unpaired) electrons. The lowest BCUT2D eigenvalue weighted by Gasteiger charge is -2.17. The number of nitrogens with zero attached hydrogens (tertiary/aromatic N) is 2. The summed E-state index contributed by atoms with van der Waals surface area (Å²) in [7, 11) is 0. The van der Waals surface area contributed by atoms with Gasteiger partial charge in [-0.15, -0.1) is 0 Å². The fraction of sp³-hybridized carbons (Fsp3) is 0.190. The zero-order valence-corrected chi connectivity index (χ0v) is 16.8. The van der Waals surface area contributed by atoms with Gasteiger partial charge in [-0.1, -0.05) is 24.3 Å². The second-order valence-corrected chi connectivity index (χ2v) is 6.79. The van der Waals surface area contributed by atoms with Crippen LogP contribution >= 0.6 is 0 Å². The molecular weight excluding hydrogens is 396 g/mol. The van der Waals surface area contributed by atoms with Gasteiger partial charge in [-0.05, 0) is 29.3 Å². The van der Waals surface area contributed by atoms with E-state index in [1.807, 2.05) is 12.1 Å². The molecule has 0 aliphatic carbocycles. The number of aromatic nitrogens is 3. The maximum Gasteiger partial charge on any atom is 0.243 e. The van der Waals surface area contributed by atoms with Crippen molar-refractivity contribution in [2.75, 3.05) is 6.54 Å². The molecule has 2 amide bonds. The minimum absolute atomic E-state index is 0.00330. The molecule has 10 heteroatoms. The fourth-order valence-electron chi connectivity index (χ4n) is 2.83. The Kier molecular flexibility index (Phi) is 7.44. The highest BCUT2D eigenvalue weighted by atomic mass is 16.2. The largest absolute Gasteiger partial charge is 0.384 e. The topological polar surface area (TPSA) is 162 Å². The Hall–Kier alpha value is -4.05. The van der Waals surface area contributed by atoms with E-state index in [-0.39, 0.29) is 24.2 Å². The number of amidine groups is 1. The lowest BCUT2D eigenvalue weighted by atomic mass is 10.1. The number of carbonyl (C=O) groups is 2. The molecule has 0 saturated heterocycles. The number of nitrogens with one attached hydrogen (secondary N) is 5. The molecule has 3 aromatic rings. The number of benzene rings is 1. The number of nitrogens with two attached hydrogens (primary N) is 1. The van der Waals surface area contributed by atoms with Crippen LogP contribution < -0.4 is 21.7 Å². The first-order valence-corrected chi connectivity index (χ1v) is 9.62. The van der Waals surface area contributed by atoms with Crippen LogP contribution in [0.4, 0.5) is 0 Å². The summed E-state index contributed by atoms with van der Waals surface area (Å²) in [6.07, 6.45) is 4.86. The monoisotopic (exact) mass is 420 g/mol. The number of hydrogen-bond donors (Lipinski definition) is 6. The van der Waals surface area contributed by atoms with E-state index in [1.165, 1.54) is 0 Å². The average molecular weight is 420 g/mol. The minimum atomic E-state index is -0.719. The van der Waals surface area contributed by atoms with Gasteiger partial charge in [-0.25, -0.2) is 0 Å². The number of nitrogen functional groups attached to an aromatic ring is 1. The van der Waals surface area contributed by atoms with Gasteiger partial charge in [-0.2, -0.15) is 5.10 Å². The second-order valence-electron chi connectivity index (χ2n) is 6.79. The van der Waals surface area contributed by atoms with Crippen molar-refractivity contribution in [1.82, 2.24) is 31.1 Å². The van der Waals surface area contributed by atoms with Crippen molar-refractivity contribution in [2.24, 2.45) is 5.73 Å². The van der Waals surface area contributed by atoms with E-state index in [9.17, 15) is 9.59 Å². The molecule has 2 aromatic heterocycles. The molecule has 7 N–H and O–H groups in total. The summed E-state index contributed by atoms with van der Waals surface area (Å²) >= 11 is 0. The Bertz CT molecular complexity index is 1000. The zero-order chi connectivity index (χ0) is 22.1. The molecule has 0 fully saturated rings. The highest BCUT2D eigenvalue weighted by molar-refractivity contribution is 5.94. The summed E-state index contributed by atoms with van der Waals surface area (Å²) in [4.78, 5) is 28.7. The van der Waals surface area contributed by atoms with Crippen molar-refractivity contribution in [3.8, 4) is 0 Å². The molecule has 31 heavy (non-hydrogen) atoms. The van der Waals surface area contributed by atoms with Gasteiger partial charge in [-0.3, -0.25) is 30.4 Å². The smallest absolute Gasteiger partial charge is 0.243 e. The Balaban J connectivity index is 1.54. The first-order chi connectivity index (χ1) is 15.0. The van der Waals surface area contributed by atoms with E-state index in [0.717, 1.165) is 11.1 Å². The summed E-state index contributed by atoms with van der Waals surface area (Å²) in [5.74, 6) is -0.659. The first kappa shape index (κ1) is 21.7. The first-order valence-electron chi connectivity index (χ1n) is 9.62. The van der Waals surface area contributed by atoms with Crippen molar-refractivity contribution >= 4 is 17.6 Å². The van der Waals surface area contributed by atoms with E-state index in [2.05, 4.69) is 31.1 Å². The molecule has 10 nitrogen and oxygen atoms in total. The van der Waals surface area contributed by atoms with E-state index >= 15 is 0 Å². The fourth-order valence-corrected chi connectivity index (χ4v) is 2.83. The maximum absolute atomic E-state index is 12.7. The third-order valence-electron chi connectivity index (χ3n) is 4.53. The molecule has 160 valence electrons. The van der Waals surface area contributed by atoms with Gasteiger partial charge in [0.2, 0.25) is 11.8 Å². The lowest BCUT2D eigenvalue weighted by molar-refractivity contribution is -0.127. The zero-order valence-electron chi connectivity index (χ0n) is 16.8.